The Kier molecular flexibility index (Phi) is 7.09. The molecule has 268 valence electrons. The average Bonchev–Trinajstić information content (AvgIpc) is 3.95. The van der Waals surface area contributed by atoms with E-state index in [4.69, 9.17) is 14.4 Å². The minimum atomic E-state index is -0.500. The van der Waals surface area contributed by atoms with E-state index < -0.39 is 6.17 Å². The Morgan fingerprint density at radius 1 is 0.456 bits per heavy atom. The van der Waals surface area contributed by atoms with Crippen LogP contribution in [-0.2, 0) is 0 Å². The van der Waals surface area contributed by atoms with Crippen LogP contribution < -0.4 is 5.32 Å². The molecular formula is C51H32N4OS. The van der Waals surface area contributed by atoms with Crippen LogP contribution in [0.3, 0.4) is 0 Å². The lowest BCUT2D eigenvalue weighted by molar-refractivity contribution is 0.667. The van der Waals surface area contributed by atoms with Crippen LogP contribution in [0.2, 0.25) is 0 Å². The van der Waals surface area contributed by atoms with Gasteiger partial charge in [0.05, 0.1) is 11.0 Å². The summed E-state index contributed by atoms with van der Waals surface area (Å²) in [6.07, 6.45) is -0.500. The van der Waals surface area contributed by atoms with Gasteiger partial charge in [-0.3, -0.25) is 0 Å². The van der Waals surface area contributed by atoms with Crippen molar-refractivity contribution in [3.05, 3.63) is 199 Å². The van der Waals surface area contributed by atoms with Gasteiger partial charge in [-0.25, -0.2) is 9.98 Å². The summed E-state index contributed by atoms with van der Waals surface area (Å²) in [5.74, 6) is 1.58. The summed E-state index contributed by atoms with van der Waals surface area (Å²) in [7, 11) is 0. The molecule has 4 heterocycles. The SMILES string of the molecule is c1ccc(C2=NC(c3cccc4oc5ccc(-c6ccc7c(c6)c6ccccc6n7-c6ccccc6)cc5c34)N=C(c3ccc4sc5ccccc5c4c3)N2)cc1. The molecule has 11 aromatic rings. The topological polar surface area (TPSA) is 54.8 Å². The number of nitrogens with zero attached hydrogens (tertiary/aromatic N) is 3. The molecule has 0 spiro atoms. The van der Waals surface area contributed by atoms with E-state index >= 15 is 0 Å². The molecule has 0 amide bonds. The fraction of sp³-hybridized carbons (Fsp3) is 0.0196. The minimum absolute atomic E-state index is 0.500. The Balaban J connectivity index is 1.02. The van der Waals surface area contributed by atoms with Crippen molar-refractivity contribution in [3.8, 4) is 16.8 Å². The highest BCUT2D eigenvalue weighted by Crippen LogP contribution is 2.41. The van der Waals surface area contributed by atoms with Gasteiger partial charge in [-0.2, -0.15) is 0 Å². The lowest BCUT2D eigenvalue weighted by atomic mass is 9.98. The molecule has 0 saturated carbocycles. The molecule has 3 aromatic heterocycles. The Hall–Kier alpha value is -7.28. The number of para-hydroxylation sites is 2. The number of fused-ring (bicyclic) bond motifs is 9. The van der Waals surface area contributed by atoms with E-state index in [0.717, 1.165) is 67.1 Å². The lowest BCUT2D eigenvalue weighted by Crippen LogP contribution is -2.36. The molecule has 1 aliphatic rings. The van der Waals surface area contributed by atoms with Gasteiger partial charge in [-0.05, 0) is 83.9 Å². The zero-order chi connectivity index (χ0) is 37.5. The monoisotopic (exact) mass is 748 g/mol. The van der Waals surface area contributed by atoms with Gasteiger partial charge >= 0.3 is 0 Å². The maximum Gasteiger partial charge on any atom is 0.170 e. The first-order valence-electron chi connectivity index (χ1n) is 19.2. The number of amidine groups is 2. The summed E-state index contributed by atoms with van der Waals surface area (Å²) in [5, 5.41) is 10.6. The molecule has 0 radical (unpaired) electrons. The highest BCUT2D eigenvalue weighted by atomic mass is 32.1. The number of aliphatic imine (C=N–C) groups is 2. The number of thiophene rings is 1. The standard InChI is InChI=1S/C51H32N4OS/c1-3-12-31(13-4-1)49-52-50(34-24-27-47-40(30-34)37-17-8-10-21-46(37)57-47)54-51(53-49)38-18-11-20-45-48(38)41-29-33(23-26-44(41)56-45)32-22-25-43-39(28-32)36-16-7-9-19-42(36)55(43)35-14-5-2-6-15-35/h1-30,51H,(H,52,53,54). The third-order valence-corrected chi connectivity index (χ3v) is 12.4. The molecule has 1 atom stereocenters. The highest BCUT2D eigenvalue weighted by Gasteiger charge is 2.25. The van der Waals surface area contributed by atoms with Gasteiger partial charge in [0.2, 0.25) is 0 Å². The maximum atomic E-state index is 6.54. The number of aromatic nitrogens is 1. The smallest absolute Gasteiger partial charge is 0.170 e. The van der Waals surface area contributed by atoms with E-state index in [1.54, 1.807) is 0 Å². The molecule has 1 aliphatic heterocycles. The van der Waals surface area contributed by atoms with E-state index in [1.807, 2.05) is 35.6 Å². The zero-order valence-electron chi connectivity index (χ0n) is 30.6. The third-order valence-electron chi connectivity index (χ3n) is 11.3. The summed E-state index contributed by atoms with van der Waals surface area (Å²) in [6, 6.07) is 64.4. The van der Waals surface area contributed by atoms with Crippen molar-refractivity contribution in [1.29, 1.82) is 0 Å². The van der Waals surface area contributed by atoms with Gasteiger partial charge in [0.25, 0.3) is 0 Å². The Morgan fingerprint density at radius 2 is 1.11 bits per heavy atom. The van der Waals surface area contributed by atoms with Crippen LogP contribution in [0.15, 0.2) is 196 Å². The molecule has 5 nitrogen and oxygen atoms in total. The molecule has 57 heavy (non-hydrogen) atoms. The molecule has 0 saturated heterocycles. The minimum Gasteiger partial charge on any atom is -0.456 e. The summed E-state index contributed by atoms with van der Waals surface area (Å²) in [5.41, 5.74) is 10.5. The van der Waals surface area contributed by atoms with Gasteiger partial charge in [0.1, 0.15) is 22.8 Å². The van der Waals surface area contributed by atoms with Crippen LogP contribution in [0.5, 0.6) is 0 Å². The van der Waals surface area contributed by atoms with Crippen molar-refractivity contribution in [2.75, 3.05) is 0 Å². The molecule has 12 rings (SSSR count). The van der Waals surface area contributed by atoms with Crippen LogP contribution >= 0.6 is 11.3 Å². The Morgan fingerprint density at radius 3 is 1.96 bits per heavy atom. The van der Waals surface area contributed by atoms with Crippen LogP contribution in [0.25, 0.3) is 80.7 Å². The zero-order valence-corrected chi connectivity index (χ0v) is 31.4. The van der Waals surface area contributed by atoms with Gasteiger partial charge in [-0.15, -0.1) is 11.3 Å². The highest BCUT2D eigenvalue weighted by molar-refractivity contribution is 7.25. The molecule has 1 N–H and O–H groups in total. The largest absolute Gasteiger partial charge is 0.456 e. The van der Waals surface area contributed by atoms with Crippen LogP contribution in [0.4, 0.5) is 0 Å². The summed E-state index contributed by atoms with van der Waals surface area (Å²) >= 11 is 1.82. The number of benzene rings is 8. The summed E-state index contributed by atoms with van der Waals surface area (Å²) < 4.78 is 11.4. The predicted molar refractivity (Wildman–Crippen MR) is 238 cm³/mol. The van der Waals surface area contributed by atoms with Gasteiger partial charge in [0.15, 0.2) is 6.17 Å². The first-order chi connectivity index (χ1) is 28.2. The molecule has 8 aromatic carbocycles. The maximum absolute atomic E-state index is 6.54. The average molecular weight is 749 g/mol. The molecular weight excluding hydrogens is 717 g/mol. The molecule has 0 aliphatic carbocycles. The van der Waals surface area contributed by atoms with Crippen LogP contribution in [-0.4, -0.2) is 16.2 Å². The second-order valence-electron chi connectivity index (χ2n) is 14.6. The van der Waals surface area contributed by atoms with E-state index in [1.165, 1.54) is 42.0 Å². The number of furan rings is 1. The van der Waals surface area contributed by atoms with Gasteiger partial charge < -0.3 is 14.3 Å². The predicted octanol–water partition coefficient (Wildman–Crippen LogP) is 13.2. The number of nitrogens with one attached hydrogen (secondary N) is 1. The molecule has 6 heteroatoms. The third kappa shape index (κ3) is 5.15. The van der Waals surface area contributed by atoms with Crippen molar-refractivity contribution in [3.63, 3.8) is 0 Å². The van der Waals surface area contributed by atoms with Crippen molar-refractivity contribution < 1.29 is 4.42 Å². The van der Waals surface area contributed by atoms with E-state index in [9.17, 15) is 0 Å². The van der Waals surface area contributed by atoms with Crippen molar-refractivity contribution in [2.24, 2.45) is 9.98 Å². The number of hydrogen-bond acceptors (Lipinski definition) is 5. The second kappa shape index (κ2) is 12.6. The van der Waals surface area contributed by atoms with Crippen molar-refractivity contribution in [1.82, 2.24) is 9.88 Å². The number of hydrogen-bond donors (Lipinski definition) is 1. The van der Waals surface area contributed by atoms with Crippen molar-refractivity contribution >= 4 is 86.9 Å². The summed E-state index contributed by atoms with van der Waals surface area (Å²) in [6.45, 7) is 0. The van der Waals surface area contributed by atoms with Crippen LogP contribution in [0, 0.1) is 0 Å². The van der Waals surface area contributed by atoms with E-state index in [2.05, 4.69) is 168 Å². The molecule has 1 unspecified atom stereocenters. The van der Waals surface area contributed by atoms with Gasteiger partial charge in [0, 0.05) is 64.1 Å². The van der Waals surface area contributed by atoms with Crippen LogP contribution in [0.1, 0.15) is 22.9 Å². The van der Waals surface area contributed by atoms with Gasteiger partial charge in [-0.1, -0.05) is 109 Å². The quantitative estimate of drug-likeness (QED) is 0.191. The first-order valence-corrected chi connectivity index (χ1v) is 20.0. The normalized spacial score (nSPS) is 14.5. The molecule has 0 bridgehead atoms. The number of rotatable bonds is 5. The first kappa shape index (κ1) is 32.0. The second-order valence-corrected chi connectivity index (χ2v) is 15.7. The van der Waals surface area contributed by atoms with E-state index in [0.29, 0.717) is 0 Å². The van der Waals surface area contributed by atoms with E-state index in [-0.39, 0.29) is 0 Å². The molecule has 0 fully saturated rings. The Bertz CT molecular complexity index is 3450. The fourth-order valence-electron chi connectivity index (χ4n) is 8.61. The summed E-state index contributed by atoms with van der Waals surface area (Å²) in [4.78, 5) is 10.6. The Labute approximate surface area is 331 Å². The van der Waals surface area contributed by atoms with Crippen molar-refractivity contribution in [2.45, 2.75) is 6.17 Å². The lowest BCUT2D eigenvalue weighted by Gasteiger charge is -2.23. The fourth-order valence-corrected chi connectivity index (χ4v) is 9.70.